The predicted molar refractivity (Wildman–Crippen MR) is 39.4 cm³/mol. The molecule has 14 heavy (non-hydrogen) atoms. The molecule has 0 aromatic rings. The first-order valence-electron chi connectivity index (χ1n) is 0.667. The van der Waals surface area contributed by atoms with Gasteiger partial charge in [-0.3, -0.25) is 8.42 Å². The standard InChI is InChI=1S/H2O4S.8H2O.Tb/c1-5(2,3)4;;;;;;;;;/h(H2,1,2,3,4);8*1H2;/q;;;;;;;;;+3/p-2. The van der Waals surface area contributed by atoms with Crippen LogP contribution in [0.5, 0.6) is 0 Å². The molecule has 0 unspecified atom stereocenters. The van der Waals surface area contributed by atoms with Crippen LogP contribution >= 0.6 is 0 Å². The van der Waals surface area contributed by atoms with E-state index in [0.29, 0.717) is 0 Å². The van der Waals surface area contributed by atoms with Crippen molar-refractivity contribution in [2.24, 2.45) is 0 Å². The van der Waals surface area contributed by atoms with Gasteiger partial charge >= 0.3 is 38.6 Å². The molecule has 0 aliphatic heterocycles. The summed E-state index contributed by atoms with van der Waals surface area (Å²) in [6.07, 6.45) is 0. The summed E-state index contributed by atoms with van der Waals surface area (Å²) in [6, 6.07) is 0. The summed E-state index contributed by atoms with van der Waals surface area (Å²) in [5, 5.41) is 0. The second-order valence-corrected chi connectivity index (χ2v) is 1.22. The Hall–Kier alpha value is 0.836. The largest absolute Gasteiger partial charge is 3.00 e. The van der Waals surface area contributed by atoms with Crippen LogP contribution in [0.4, 0.5) is 0 Å². The molecule has 0 saturated carbocycles. The quantitative estimate of drug-likeness (QED) is 0.282. The molecule has 0 rings (SSSR count). The van der Waals surface area contributed by atoms with Crippen LogP contribution < -0.4 is 0 Å². The first-order chi connectivity index (χ1) is 2.00. The van der Waals surface area contributed by atoms with Gasteiger partial charge in [-0.05, 0) is 0 Å². The van der Waals surface area contributed by atoms with Crippen molar-refractivity contribution >= 4 is 10.4 Å². The van der Waals surface area contributed by atoms with E-state index in [2.05, 4.69) is 0 Å². The second-order valence-electron chi connectivity index (χ2n) is 0.408. The molecule has 0 aliphatic rings. The summed E-state index contributed by atoms with van der Waals surface area (Å²) in [5.41, 5.74) is 0. The van der Waals surface area contributed by atoms with Gasteiger partial charge in [0, 0.05) is 10.4 Å². The minimum Gasteiger partial charge on any atom is -0.759 e. The molecular formula is H16O12STb+. The smallest absolute Gasteiger partial charge is 0.759 e. The Kier molecular flexibility index (Phi) is 423. The predicted octanol–water partition coefficient (Wildman–Crippen LogP) is -7.94. The fourth-order valence-electron chi connectivity index (χ4n) is 0. The van der Waals surface area contributed by atoms with E-state index in [1.807, 2.05) is 0 Å². The minimum absolute atomic E-state index is 0. The molecule has 0 atom stereocenters. The van der Waals surface area contributed by atoms with E-state index in [0.717, 1.165) is 0 Å². The van der Waals surface area contributed by atoms with Crippen molar-refractivity contribution in [3.63, 3.8) is 0 Å². The molecule has 0 spiro atoms. The Morgan fingerprint density at radius 2 is 0.571 bits per heavy atom. The van der Waals surface area contributed by atoms with Gasteiger partial charge in [0.25, 0.3) is 0 Å². The number of rotatable bonds is 0. The Labute approximate surface area is 110 Å². The van der Waals surface area contributed by atoms with E-state index < -0.39 is 10.4 Å². The Morgan fingerprint density at radius 3 is 0.571 bits per heavy atom. The summed E-state index contributed by atoms with van der Waals surface area (Å²) in [6.45, 7) is 0. The molecule has 12 nitrogen and oxygen atoms in total. The molecule has 0 bridgehead atoms. The van der Waals surface area contributed by atoms with E-state index in [1.165, 1.54) is 0 Å². The average molecular weight is 399 g/mol. The summed E-state index contributed by atoms with van der Waals surface area (Å²) in [4.78, 5) is 0. The van der Waals surface area contributed by atoms with E-state index in [4.69, 9.17) is 17.5 Å². The van der Waals surface area contributed by atoms with Crippen molar-refractivity contribution in [3.05, 3.63) is 0 Å². The molecule has 0 amide bonds. The zero-order valence-electron chi connectivity index (χ0n) is 6.37. The van der Waals surface area contributed by atoms with Crippen LogP contribution in [0.1, 0.15) is 0 Å². The summed E-state index contributed by atoms with van der Waals surface area (Å²) < 4.78 is 34.1. The average Bonchev–Trinajstić information content (AvgIpc) is 0.722. The molecular weight excluding hydrogens is 383 g/mol. The van der Waals surface area contributed by atoms with Crippen LogP contribution in [0.3, 0.4) is 0 Å². The molecule has 14 heteroatoms. The van der Waals surface area contributed by atoms with Crippen LogP contribution in [-0.2, 0) is 10.4 Å². The van der Waals surface area contributed by atoms with Crippen LogP contribution in [0, 0.1) is 38.6 Å². The molecule has 0 aromatic carbocycles. The Balaban J connectivity index is -0.00000000222. The van der Waals surface area contributed by atoms with E-state index in [9.17, 15) is 0 Å². The van der Waals surface area contributed by atoms with Crippen LogP contribution in [0.2, 0.25) is 0 Å². The van der Waals surface area contributed by atoms with Crippen LogP contribution in [-0.4, -0.2) is 61.3 Å². The second kappa shape index (κ2) is 48.8. The number of hydrogen-bond acceptors (Lipinski definition) is 4. The topological polar surface area (TPSA) is 332 Å². The maximum atomic E-state index is 8.52. The van der Waals surface area contributed by atoms with Crippen molar-refractivity contribution in [2.45, 2.75) is 0 Å². The Bertz CT molecular complexity index is 93.5. The normalized spacial score (nSPS) is 4.14. The van der Waals surface area contributed by atoms with Crippen molar-refractivity contribution in [2.75, 3.05) is 0 Å². The third-order valence-electron chi connectivity index (χ3n) is 0. The zero-order valence-corrected chi connectivity index (χ0v) is 9.33. The van der Waals surface area contributed by atoms with Gasteiger partial charge in [0.1, 0.15) is 0 Å². The van der Waals surface area contributed by atoms with Gasteiger partial charge in [0.05, 0.1) is 0 Å². The number of hydrogen-bond donors (Lipinski definition) is 0. The summed E-state index contributed by atoms with van der Waals surface area (Å²) in [7, 11) is -5.17. The van der Waals surface area contributed by atoms with E-state index in [1.54, 1.807) is 0 Å². The third kappa shape index (κ3) is 2570. The summed E-state index contributed by atoms with van der Waals surface area (Å²) in [5.74, 6) is 0. The first-order valence-corrected chi connectivity index (χ1v) is 2.00. The Morgan fingerprint density at radius 1 is 0.571 bits per heavy atom. The van der Waals surface area contributed by atoms with Gasteiger partial charge in [-0.15, -0.1) is 0 Å². The van der Waals surface area contributed by atoms with Crippen molar-refractivity contribution in [1.29, 1.82) is 0 Å². The molecule has 0 heterocycles. The van der Waals surface area contributed by atoms with Gasteiger partial charge in [-0.25, -0.2) is 0 Å². The minimum atomic E-state index is -5.17. The van der Waals surface area contributed by atoms with Crippen molar-refractivity contribution in [1.82, 2.24) is 0 Å². The molecule has 0 saturated heterocycles. The molecule has 0 aliphatic carbocycles. The SMILES string of the molecule is O.O.O.O.O.O.O.O.O=S(=O)([O-])[O-].[Tb+3]. The maximum absolute atomic E-state index is 8.52. The first kappa shape index (κ1) is 121. The fourth-order valence-corrected chi connectivity index (χ4v) is 0. The van der Waals surface area contributed by atoms with Gasteiger partial charge in [-0.1, -0.05) is 0 Å². The zero-order chi connectivity index (χ0) is 4.50. The van der Waals surface area contributed by atoms with E-state index >= 15 is 0 Å². The molecule has 0 aromatic heterocycles. The summed E-state index contributed by atoms with van der Waals surface area (Å²) >= 11 is 0. The van der Waals surface area contributed by atoms with Gasteiger partial charge < -0.3 is 52.9 Å². The van der Waals surface area contributed by atoms with Crippen LogP contribution in [0.25, 0.3) is 0 Å². The van der Waals surface area contributed by atoms with Crippen LogP contribution in [0.15, 0.2) is 0 Å². The molecule has 102 valence electrons. The van der Waals surface area contributed by atoms with Gasteiger partial charge in [-0.2, -0.15) is 0 Å². The maximum Gasteiger partial charge on any atom is 3.00 e. The van der Waals surface area contributed by atoms with Crippen molar-refractivity contribution < 1.29 is 99.9 Å². The van der Waals surface area contributed by atoms with Crippen molar-refractivity contribution in [3.8, 4) is 0 Å². The van der Waals surface area contributed by atoms with Gasteiger partial charge in [0.2, 0.25) is 0 Å². The molecule has 16 N–H and O–H groups in total. The third-order valence-corrected chi connectivity index (χ3v) is 0. The van der Waals surface area contributed by atoms with Gasteiger partial charge in [0.15, 0.2) is 0 Å². The van der Waals surface area contributed by atoms with E-state index in [-0.39, 0.29) is 82.4 Å². The monoisotopic (exact) mass is 399 g/mol. The molecule has 0 radical (unpaired) electrons. The fraction of sp³-hybridized carbons (Fsp3) is 0. The molecule has 0 fully saturated rings.